The Balaban J connectivity index is 3.12. The predicted octanol–water partition coefficient (Wildman–Crippen LogP) is -3.05. The van der Waals surface area contributed by atoms with Gasteiger partial charge in [-0.2, -0.15) is 0 Å². The Morgan fingerprint density at radius 1 is 1.52 bits per heavy atom. The zero-order valence-corrected chi connectivity index (χ0v) is 12.1. The molecule has 1 aliphatic heterocycles. The molecule has 1 amide bonds. The van der Waals surface area contributed by atoms with Gasteiger partial charge >= 0.3 is 7.60 Å². The highest BCUT2D eigenvalue weighted by Gasteiger charge is 2.44. The van der Waals surface area contributed by atoms with Gasteiger partial charge in [-0.15, -0.1) is 0 Å². The summed E-state index contributed by atoms with van der Waals surface area (Å²) in [6.07, 6.45) is -3.84. The molecule has 11 heteroatoms. The zero-order chi connectivity index (χ0) is 16.4. The fourth-order valence-electron chi connectivity index (χ4n) is 1.93. The van der Waals surface area contributed by atoms with Crippen LogP contribution in [0.5, 0.6) is 0 Å². The van der Waals surface area contributed by atoms with Crippen LogP contribution in [0.25, 0.3) is 0 Å². The Bertz CT molecular complexity index is 464. The third-order valence-electron chi connectivity index (χ3n) is 2.94. The first-order chi connectivity index (χ1) is 9.57. The second-order valence-electron chi connectivity index (χ2n) is 4.68. The minimum Gasteiger partial charge on any atom is -0.478 e. The molecule has 1 rings (SSSR count). The Kier molecular flexibility index (Phi) is 5.88. The Morgan fingerprint density at radius 3 is 2.52 bits per heavy atom. The van der Waals surface area contributed by atoms with E-state index in [9.17, 15) is 19.6 Å². The summed E-state index contributed by atoms with van der Waals surface area (Å²) in [5, 5.41) is 30.6. The number of carbonyl (C=O) groups is 1. The summed E-state index contributed by atoms with van der Waals surface area (Å²) in [6.45, 7) is 0.374. The van der Waals surface area contributed by atoms with E-state index in [-0.39, 0.29) is 0 Å². The third-order valence-corrected chi connectivity index (χ3v) is 3.76. The molecule has 21 heavy (non-hydrogen) atoms. The van der Waals surface area contributed by atoms with Crippen LogP contribution in [-0.4, -0.2) is 68.0 Å². The fraction of sp³-hybridized carbons (Fsp3) is 0.700. The molecule has 1 heterocycles. The number of nitrogens with two attached hydrogens (primary N) is 1. The summed E-state index contributed by atoms with van der Waals surface area (Å²) < 4.78 is 16.2. The van der Waals surface area contributed by atoms with Crippen molar-refractivity contribution >= 4 is 13.5 Å². The maximum Gasteiger partial charge on any atom is 0.390 e. The van der Waals surface area contributed by atoms with Crippen LogP contribution in [0.2, 0.25) is 0 Å². The smallest absolute Gasteiger partial charge is 0.390 e. The van der Waals surface area contributed by atoms with E-state index in [2.05, 4.69) is 5.32 Å². The minimum absolute atomic E-state index is 0.511. The van der Waals surface area contributed by atoms with Crippen molar-refractivity contribution in [2.75, 3.05) is 6.61 Å². The van der Waals surface area contributed by atoms with Gasteiger partial charge in [0.25, 0.3) is 0 Å². The first-order valence-corrected chi connectivity index (χ1v) is 7.63. The summed E-state index contributed by atoms with van der Waals surface area (Å²) in [6, 6.07) is -2.09. The molecule has 122 valence electrons. The molecule has 10 nitrogen and oxygen atoms in total. The van der Waals surface area contributed by atoms with Gasteiger partial charge in [-0.25, -0.2) is 0 Å². The van der Waals surface area contributed by atoms with Gasteiger partial charge in [-0.05, 0) is 6.08 Å². The van der Waals surface area contributed by atoms with E-state index in [1.165, 1.54) is 6.92 Å². The molecular formula is C10H19N2O8P. The minimum atomic E-state index is -4.76. The van der Waals surface area contributed by atoms with E-state index in [0.717, 1.165) is 6.08 Å². The van der Waals surface area contributed by atoms with Crippen LogP contribution in [0.1, 0.15) is 6.92 Å². The lowest BCUT2D eigenvalue weighted by Crippen LogP contribution is -2.61. The van der Waals surface area contributed by atoms with Crippen LogP contribution in [0.4, 0.5) is 0 Å². The van der Waals surface area contributed by atoms with E-state index >= 15 is 0 Å². The van der Waals surface area contributed by atoms with Crippen molar-refractivity contribution in [3.63, 3.8) is 0 Å². The molecule has 0 aliphatic carbocycles. The number of ether oxygens (including phenoxy) is 1. The molecule has 0 aromatic carbocycles. The van der Waals surface area contributed by atoms with Gasteiger partial charge in [0.15, 0.2) is 0 Å². The molecule has 0 radical (unpaired) electrons. The van der Waals surface area contributed by atoms with E-state index in [4.69, 9.17) is 25.4 Å². The topological polar surface area (TPSA) is 183 Å². The van der Waals surface area contributed by atoms with E-state index in [0.29, 0.717) is 0 Å². The lowest BCUT2D eigenvalue weighted by Gasteiger charge is -2.39. The number of nitrogens with one attached hydrogen (secondary N) is 1. The van der Waals surface area contributed by atoms with Gasteiger partial charge < -0.3 is 40.9 Å². The zero-order valence-electron chi connectivity index (χ0n) is 11.2. The van der Waals surface area contributed by atoms with Crippen LogP contribution in [0.15, 0.2) is 11.6 Å². The van der Waals surface area contributed by atoms with Crippen molar-refractivity contribution in [1.82, 2.24) is 5.32 Å². The number of carbonyl (C=O) groups excluding carboxylic acids is 1. The average Bonchev–Trinajstić information content (AvgIpc) is 2.37. The van der Waals surface area contributed by atoms with Gasteiger partial charge in [0.1, 0.15) is 18.3 Å². The quantitative estimate of drug-likeness (QED) is 0.258. The van der Waals surface area contributed by atoms with Gasteiger partial charge in [0, 0.05) is 6.92 Å². The molecule has 0 fully saturated rings. The number of amides is 1. The highest BCUT2D eigenvalue weighted by molar-refractivity contribution is 7.56. The Hall–Kier alpha value is -1.00. The van der Waals surface area contributed by atoms with Gasteiger partial charge in [0.05, 0.1) is 18.7 Å². The van der Waals surface area contributed by atoms with Crippen molar-refractivity contribution in [3.05, 3.63) is 11.6 Å². The molecule has 0 aromatic heterocycles. The number of hydrogen-bond acceptors (Lipinski definition) is 7. The molecule has 0 spiro atoms. The summed E-state index contributed by atoms with van der Waals surface area (Å²) in [5.41, 5.74) is 4.96. The number of hydrogen-bond donors (Lipinski definition) is 7. The maximum atomic E-state index is 11.2. The third kappa shape index (κ3) is 4.48. The summed E-state index contributed by atoms with van der Waals surface area (Å²) in [4.78, 5) is 29.4. The van der Waals surface area contributed by atoms with Crippen molar-refractivity contribution in [3.8, 4) is 0 Å². The molecule has 0 aromatic rings. The normalized spacial score (nSPS) is 29.1. The molecule has 0 saturated carbocycles. The second kappa shape index (κ2) is 6.84. The number of aliphatic hydroxyl groups excluding tert-OH is 3. The number of aliphatic hydroxyl groups is 3. The highest BCUT2D eigenvalue weighted by Crippen LogP contribution is 2.48. The summed E-state index contributed by atoms with van der Waals surface area (Å²) in [5.74, 6) is -0.511. The van der Waals surface area contributed by atoms with Crippen molar-refractivity contribution < 1.29 is 39.2 Å². The first kappa shape index (κ1) is 18.1. The van der Waals surface area contributed by atoms with Crippen LogP contribution in [0.3, 0.4) is 0 Å². The lowest BCUT2D eigenvalue weighted by atomic mass is 9.94. The van der Waals surface area contributed by atoms with E-state index < -0.39 is 56.0 Å². The summed E-state index contributed by atoms with van der Waals surface area (Å²) >= 11 is 0. The van der Waals surface area contributed by atoms with E-state index in [1.54, 1.807) is 0 Å². The fourth-order valence-corrected chi connectivity index (χ4v) is 2.55. The average molecular weight is 326 g/mol. The SMILES string of the molecule is CC(=O)N[C@H]1C([C@H](O)[C@H](O)CO)OC(P(=O)(O)O)=C[C@@H]1N. The molecule has 8 N–H and O–H groups in total. The van der Waals surface area contributed by atoms with Crippen LogP contribution in [0, 0.1) is 0 Å². The Labute approximate surface area is 120 Å². The van der Waals surface area contributed by atoms with Gasteiger partial charge in [-0.1, -0.05) is 0 Å². The first-order valence-electron chi connectivity index (χ1n) is 6.02. The lowest BCUT2D eigenvalue weighted by molar-refractivity contribution is -0.125. The monoisotopic (exact) mass is 326 g/mol. The molecule has 0 saturated heterocycles. The number of rotatable bonds is 5. The van der Waals surface area contributed by atoms with Crippen LogP contribution < -0.4 is 11.1 Å². The second-order valence-corrected chi connectivity index (χ2v) is 6.20. The standard InChI is InChI=1S/C10H19N2O8P/c1-4(14)12-8-5(11)2-7(21(17,18)19)20-10(8)9(16)6(15)3-13/h2,5-6,8-10,13,15-16H,3,11H2,1H3,(H,12,14)(H2,17,18,19)/t5-,6+,8+,9+,10?/m0/s1. The molecule has 1 unspecified atom stereocenters. The van der Waals surface area contributed by atoms with Crippen molar-refractivity contribution in [2.45, 2.75) is 37.3 Å². The molecule has 5 atom stereocenters. The molecule has 1 aliphatic rings. The van der Waals surface area contributed by atoms with Crippen molar-refractivity contribution in [2.24, 2.45) is 5.73 Å². The highest BCUT2D eigenvalue weighted by atomic mass is 31.2. The van der Waals surface area contributed by atoms with E-state index in [1.807, 2.05) is 0 Å². The molecular weight excluding hydrogens is 307 g/mol. The molecule has 0 bridgehead atoms. The summed E-state index contributed by atoms with van der Waals surface area (Å²) in [7, 11) is -4.76. The van der Waals surface area contributed by atoms with Gasteiger partial charge in [0.2, 0.25) is 11.4 Å². The largest absolute Gasteiger partial charge is 0.478 e. The van der Waals surface area contributed by atoms with Crippen molar-refractivity contribution in [1.29, 1.82) is 0 Å². The Morgan fingerprint density at radius 2 is 2.10 bits per heavy atom. The predicted molar refractivity (Wildman–Crippen MR) is 69.7 cm³/mol. The van der Waals surface area contributed by atoms with Gasteiger partial charge in [-0.3, -0.25) is 9.36 Å². The van der Waals surface area contributed by atoms with Crippen LogP contribution >= 0.6 is 7.60 Å². The van der Waals surface area contributed by atoms with Crippen LogP contribution in [-0.2, 0) is 14.1 Å². The maximum absolute atomic E-state index is 11.2.